The number of hydrogen-bond donors (Lipinski definition) is 1. The molecule has 1 aliphatic carbocycles. The summed E-state index contributed by atoms with van der Waals surface area (Å²) in [5.74, 6) is -3.11. The molecule has 0 bridgehead atoms. The van der Waals surface area contributed by atoms with Crippen LogP contribution in [0, 0.1) is 35.8 Å². The number of carbonyl (C=O) groups excluding carboxylic acids is 4. The van der Waals surface area contributed by atoms with Crippen LogP contribution < -0.4 is 5.32 Å². The number of anilines is 1. The molecule has 160 valence electrons. The first-order chi connectivity index (χ1) is 14.2. The summed E-state index contributed by atoms with van der Waals surface area (Å²) < 4.78 is 4.89. The molecule has 1 saturated heterocycles. The van der Waals surface area contributed by atoms with Crippen LogP contribution >= 0.6 is 0 Å². The van der Waals surface area contributed by atoms with Gasteiger partial charge in [0.1, 0.15) is 12.2 Å². The van der Waals surface area contributed by atoms with Crippen LogP contribution in [0.5, 0.6) is 0 Å². The second-order valence-corrected chi connectivity index (χ2v) is 7.63. The standard InChI is InChI=1S/C20H23N3O7/c1-11-7-8-15(23(28)29)18(12(11)2)21-16(24)10-30-17(25)9-22-19(26)13-5-3-4-6-14(13)20(22)27/h7-8,13-14H,3-6,9-10H2,1-2H3,(H,21,24)/t13-,14-/m1/s1. The molecule has 10 heteroatoms. The molecule has 2 fully saturated rings. The van der Waals surface area contributed by atoms with Crippen LogP contribution in [0.25, 0.3) is 0 Å². The zero-order valence-corrected chi connectivity index (χ0v) is 16.8. The summed E-state index contributed by atoms with van der Waals surface area (Å²) in [5, 5.41) is 13.6. The molecule has 2 atom stereocenters. The van der Waals surface area contributed by atoms with Gasteiger partial charge in [-0.2, -0.15) is 0 Å². The zero-order valence-electron chi connectivity index (χ0n) is 16.8. The van der Waals surface area contributed by atoms with E-state index in [0.29, 0.717) is 18.4 Å². The van der Waals surface area contributed by atoms with E-state index in [4.69, 9.17) is 4.74 Å². The Morgan fingerprint density at radius 2 is 1.77 bits per heavy atom. The van der Waals surface area contributed by atoms with Gasteiger partial charge in [0.2, 0.25) is 11.8 Å². The fourth-order valence-electron chi connectivity index (χ4n) is 3.99. The molecule has 1 N–H and O–H groups in total. The molecule has 1 saturated carbocycles. The number of likely N-dealkylation sites (tertiary alicyclic amines) is 1. The van der Waals surface area contributed by atoms with Crippen LogP contribution in [-0.4, -0.2) is 46.7 Å². The highest BCUT2D eigenvalue weighted by atomic mass is 16.6. The van der Waals surface area contributed by atoms with Gasteiger partial charge in [-0.3, -0.25) is 34.2 Å². The van der Waals surface area contributed by atoms with Crippen molar-refractivity contribution in [2.75, 3.05) is 18.5 Å². The fourth-order valence-corrected chi connectivity index (χ4v) is 3.99. The molecule has 1 aliphatic heterocycles. The van der Waals surface area contributed by atoms with E-state index < -0.39 is 30.0 Å². The average Bonchev–Trinajstić information content (AvgIpc) is 2.95. The van der Waals surface area contributed by atoms with Gasteiger partial charge in [0.15, 0.2) is 6.61 Å². The highest BCUT2D eigenvalue weighted by molar-refractivity contribution is 6.07. The Kier molecular flexibility index (Phi) is 6.14. The minimum atomic E-state index is -0.888. The Labute approximate surface area is 172 Å². The summed E-state index contributed by atoms with van der Waals surface area (Å²) in [5.41, 5.74) is 1.05. The Hall–Kier alpha value is -3.30. The maximum absolute atomic E-state index is 12.4. The summed E-state index contributed by atoms with van der Waals surface area (Å²) >= 11 is 0. The summed E-state index contributed by atoms with van der Waals surface area (Å²) in [7, 11) is 0. The van der Waals surface area contributed by atoms with Crippen LogP contribution in [0.15, 0.2) is 12.1 Å². The van der Waals surface area contributed by atoms with Gasteiger partial charge in [-0.25, -0.2) is 0 Å². The van der Waals surface area contributed by atoms with Crippen molar-refractivity contribution in [3.63, 3.8) is 0 Å². The Balaban J connectivity index is 1.58. The van der Waals surface area contributed by atoms with Crippen molar-refractivity contribution in [1.82, 2.24) is 4.90 Å². The lowest BCUT2D eigenvalue weighted by molar-refractivity contribution is -0.384. The molecule has 0 radical (unpaired) electrons. The topological polar surface area (TPSA) is 136 Å². The molecule has 1 aromatic carbocycles. The van der Waals surface area contributed by atoms with Gasteiger partial charge in [0.05, 0.1) is 16.8 Å². The number of nitrogens with one attached hydrogen (secondary N) is 1. The van der Waals surface area contributed by atoms with Crippen LogP contribution in [-0.2, 0) is 23.9 Å². The third kappa shape index (κ3) is 4.17. The summed E-state index contributed by atoms with van der Waals surface area (Å²) in [6.45, 7) is 2.15. The van der Waals surface area contributed by atoms with E-state index in [1.54, 1.807) is 19.9 Å². The predicted molar refractivity (Wildman–Crippen MR) is 104 cm³/mol. The number of hydrogen-bond acceptors (Lipinski definition) is 7. The van der Waals surface area contributed by atoms with Gasteiger partial charge in [-0.05, 0) is 37.8 Å². The first kappa shape index (κ1) is 21.4. The second kappa shape index (κ2) is 8.60. The van der Waals surface area contributed by atoms with Crippen LogP contribution in [0.4, 0.5) is 11.4 Å². The molecular weight excluding hydrogens is 394 g/mol. The van der Waals surface area contributed by atoms with Crippen molar-refractivity contribution in [3.8, 4) is 0 Å². The smallest absolute Gasteiger partial charge is 0.326 e. The van der Waals surface area contributed by atoms with Gasteiger partial charge in [-0.15, -0.1) is 0 Å². The minimum Gasteiger partial charge on any atom is -0.454 e. The number of imide groups is 1. The molecule has 0 unspecified atom stereocenters. The number of fused-ring (bicyclic) bond motifs is 1. The maximum atomic E-state index is 12.4. The molecule has 2 aliphatic rings. The highest BCUT2D eigenvalue weighted by Gasteiger charge is 2.48. The number of rotatable bonds is 6. The van der Waals surface area contributed by atoms with Crippen molar-refractivity contribution in [2.24, 2.45) is 11.8 Å². The number of nitro groups is 1. The van der Waals surface area contributed by atoms with Crippen molar-refractivity contribution in [1.29, 1.82) is 0 Å². The third-order valence-electron chi connectivity index (χ3n) is 5.76. The van der Waals surface area contributed by atoms with E-state index in [9.17, 15) is 29.3 Å². The van der Waals surface area contributed by atoms with Crippen molar-refractivity contribution in [3.05, 3.63) is 33.4 Å². The first-order valence-corrected chi connectivity index (χ1v) is 9.76. The molecule has 1 aromatic rings. The summed E-state index contributed by atoms with van der Waals surface area (Å²) in [4.78, 5) is 60.5. The molecule has 3 rings (SSSR count). The second-order valence-electron chi connectivity index (χ2n) is 7.63. The number of aryl methyl sites for hydroxylation is 1. The van der Waals surface area contributed by atoms with Gasteiger partial charge >= 0.3 is 5.97 Å². The number of nitrogens with zero attached hydrogens (tertiary/aromatic N) is 2. The van der Waals surface area contributed by atoms with Crippen LogP contribution in [0.3, 0.4) is 0 Å². The largest absolute Gasteiger partial charge is 0.454 e. The lowest BCUT2D eigenvalue weighted by Crippen LogP contribution is -2.37. The van der Waals surface area contributed by atoms with Crippen molar-refractivity contribution >= 4 is 35.1 Å². The predicted octanol–water partition coefficient (Wildman–Crippen LogP) is 1.87. The number of ether oxygens (including phenoxy) is 1. The van der Waals surface area contributed by atoms with Gasteiger partial charge in [0, 0.05) is 6.07 Å². The summed E-state index contributed by atoms with van der Waals surface area (Å²) in [6.07, 6.45) is 3.03. The Morgan fingerprint density at radius 3 is 2.33 bits per heavy atom. The molecule has 0 spiro atoms. The number of nitro benzene ring substituents is 1. The van der Waals surface area contributed by atoms with Gasteiger partial charge < -0.3 is 10.1 Å². The van der Waals surface area contributed by atoms with Gasteiger partial charge in [0.25, 0.3) is 11.6 Å². The van der Waals surface area contributed by atoms with E-state index in [2.05, 4.69) is 5.32 Å². The zero-order chi connectivity index (χ0) is 22.0. The molecule has 10 nitrogen and oxygen atoms in total. The van der Waals surface area contributed by atoms with Crippen molar-refractivity contribution in [2.45, 2.75) is 39.5 Å². The fraction of sp³-hybridized carbons (Fsp3) is 0.500. The van der Waals surface area contributed by atoms with E-state index in [1.807, 2.05) is 0 Å². The third-order valence-corrected chi connectivity index (χ3v) is 5.76. The highest BCUT2D eigenvalue weighted by Crippen LogP contribution is 2.37. The number of carbonyl (C=O) groups is 4. The Morgan fingerprint density at radius 1 is 1.17 bits per heavy atom. The normalized spacial score (nSPS) is 20.7. The Bertz CT molecular complexity index is 903. The van der Waals surface area contributed by atoms with Crippen LogP contribution in [0.2, 0.25) is 0 Å². The lowest BCUT2D eigenvalue weighted by Gasteiger charge is -2.19. The van der Waals surface area contributed by atoms with Gasteiger partial charge in [-0.1, -0.05) is 18.9 Å². The van der Waals surface area contributed by atoms with Crippen molar-refractivity contribution < 1.29 is 28.8 Å². The maximum Gasteiger partial charge on any atom is 0.326 e. The molecule has 30 heavy (non-hydrogen) atoms. The van der Waals surface area contributed by atoms with E-state index >= 15 is 0 Å². The summed E-state index contributed by atoms with van der Waals surface area (Å²) in [6, 6.07) is 2.86. The molecule has 1 heterocycles. The van der Waals surface area contributed by atoms with E-state index in [1.165, 1.54) is 6.07 Å². The first-order valence-electron chi connectivity index (χ1n) is 9.76. The molecule has 3 amide bonds. The molecule has 0 aromatic heterocycles. The quantitative estimate of drug-likeness (QED) is 0.323. The minimum absolute atomic E-state index is 0.0371. The number of amides is 3. The SMILES string of the molecule is Cc1ccc([N+](=O)[O-])c(NC(=O)COC(=O)CN2C(=O)[C@@H]3CCCC[C@H]3C2=O)c1C. The average molecular weight is 417 g/mol. The van der Waals surface area contributed by atoms with E-state index in [0.717, 1.165) is 23.3 Å². The number of esters is 1. The molecular formula is C20H23N3O7. The van der Waals surface area contributed by atoms with Crippen LogP contribution in [0.1, 0.15) is 36.8 Å². The van der Waals surface area contributed by atoms with E-state index in [-0.39, 0.29) is 35.0 Å². The lowest BCUT2D eigenvalue weighted by atomic mass is 9.81. The monoisotopic (exact) mass is 417 g/mol. The number of benzene rings is 1.